The monoisotopic (exact) mass is 269 g/mol. The van der Waals surface area contributed by atoms with Gasteiger partial charge in [0.25, 0.3) is 0 Å². The van der Waals surface area contributed by atoms with Gasteiger partial charge in [-0.1, -0.05) is 25.7 Å². The summed E-state index contributed by atoms with van der Waals surface area (Å²) in [6.07, 6.45) is 7.62. The summed E-state index contributed by atoms with van der Waals surface area (Å²) < 4.78 is 0. The highest BCUT2D eigenvalue weighted by Gasteiger charge is 2.18. The summed E-state index contributed by atoms with van der Waals surface area (Å²) in [5.74, 6) is -0.0260. The number of rotatable bonds is 6. The number of carbonyl (C=O) groups excluding carboxylic acids is 2. The van der Waals surface area contributed by atoms with E-state index >= 15 is 0 Å². The van der Waals surface area contributed by atoms with Crippen LogP contribution in [0.3, 0.4) is 0 Å². The van der Waals surface area contributed by atoms with E-state index in [0.29, 0.717) is 25.7 Å². The molecule has 1 aliphatic rings. The van der Waals surface area contributed by atoms with Gasteiger partial charge in [-0.3, -0.25) is 14.5 Å². The molecule has 19 heavy (non-hydrogen) atoms. The summed E-state index contributed by atoms with van der Waals surface area (Å²) in [6, 6.07) is 0.545. The number of nitrogens with one attached hydrogen (secondary N) is 2. The first-order chi connectivity index (χ1) is 9.09. The van der Waals surface area contributed by atoms with E-state index in [9.17, 15) is 9.59 Å². The average molecular weight is 269 g/mol. The Morgan fingerprint density at radius 3 is 2.21 bits per heavy atom. The molecule has 5 nitrogen and oxygen atoms in total. The SMILES string of the molecule is CC(=O)NCCNC(=O)CN(C)C1CCCCCC1. The lowest BCUT2D eigenvalue weighted by Gasteiger charge is -2.26. The molecule has 0 aromatic carbocycles. The Morgan fingerprint density at radius 1 is 1.05 bits per heavy atom. The summed E-state index contributed by atoms with van der Waals surface area (Å²) in [6.45, 7) is 2.91. The molecular weight excluding hydrogens is 242 g/mol. The molecule has 1 rings (SSSR count). The van der Waals surface area contributed by atoms with Crippen molar-refractivity contribution in [3.63, 3.8) is 0 Å². The first-order valence-corrected chi connectivity index (χ1v) is 7.31. The van der Waals surface area contributed by atoms with Crippen LogP contribution in [-0.2, 0) is 9.59 Å². The fourth-order valence-corrected chi connectivity index (χ4v) is 2.55. The van der Waals surface area contributed by atoms with Crippen molar-refractivity contribution in [1.29, 1.82) is 0 Å². The largest absolute Gasteiger partial charge is 0.355 e. The van der Waals surface area contributed by atoms with Crippen LogP contribution in [0.4, 0.5) is 0 Å². The topological polar surface area (TPSA) is 61.4 Å². The van der Waals surface area contributed by atoms with Crippen LogP contribution in [0, 0.1) is 0 Å². The Morgan fingerprint density at radius 2 is 1.63 bits per heavy atom. The van der Waals surface area contributed by atoms with Crippen LogP contribution in [0.25, 0.3) is 0 Å². The highest BCUT2D eigenvalue weighted by molar-refractivity contribution is 5.78. The van der Waals surface area contributed by atoms with Crippen molar-refractivity contribution >= 4 is 11.8 Å². The molecule has 5 heteroatoms. The molecule has 1 aliphatic carbocycles. The Balaban J connectivity index is 2.17. The fourth-order valence-electron chi connectivity index (χ4n) is 2.55. The van der Waals surface area contributed by atoms with Gasteiger partial charge >= 0.3 is 0 Å². The first-order valence-electron chi connectivity index (χ1n) is 7.31. The highest BCUT2D eigenvalue weighted by Crippen LogP contribution is 2.20. The van der Waals surface area contributed by atoms with Gasteiger partial charge in [-0.05, 0) is 19.9 Å². The van der Waals surface area contributed by atoms with E-state index in [1.807, 2.05) is 7.05 Å². The zero-order chi connectivity index (χ0) is 14.1. The molecule has 0 atom stereocenters. The van der Waals surface area contributed by atoms with Gasteiger partial charge in [0.1, 0.15) is 0 Å². The molecule has 0 radical (unpaired) electrons. The fraction of sp³-hybridized carbons (Fsp3) is 0.857. The summed E-state index contributed by atoms with van der Waals surface area (Å²) in [5, 5.41) is 5.49. The van der Waals surface area contributed by atoms with Crippen LogP contribution >= 0.6 is 0 Å². The van der Waals surface area contributed by atoms with Gasteiger partial charge in [0.2, 0.25) is 11.8 Å². The van der Waals surface area contributed by atoms with Gasteiger partial charge in [-0.25, -0.2) is 0 Å². The third kappa shape index (κ3) is 7.15. The van der Waals surface area contributed by atoms with Gasteiger partial charge in [0.05, 0.1) is 6.54 Å². The maximum absolute atomic E-state index is 11.8. The molecule has 0 aromatic heterocycles. The lowest BCUT2D eigenvalue weighted by molar-refractivity contribution is -0.123. The van der Waals surface area contributed by atoms with Crippen molar-refractivity contribution < 1.29 is 9.59 Å². The minimum atomic E-state index is -0.0650. The van der Waals surface area contributed by atoms with Gasteiger partial charge in [0, 0.05) is 26.1 Å². The number of amides is 2. The zero-order valence-electron chi connectivity index (χ0n) is 12.2. The van der Waals surface area contributed by atoms with Crippen molar-refractivity contribution in [3.05, 3.63) is 0 Å². The molecule has 0 saturated heterocycles. The van der Waals surface area contributed by atoms with Gasteiger partial charge in [-0.2, -0.15) is 0 Å². The Hall–Kier alpha value is -1.10. The smallest absolute Gasteiger partial charge is 0.234 e. The number of hydrogen-bond donors (Lipinski definition) is 2. The summed E-state index contributed by atoms with van der Waals surface area (Å²) >= 11 is 0. The number of likely N-dealkylation sites (N-methyl/N-ethyl adjacent to an activating group) is 1. The number of nitrogens with zero attached hydrogens (tertiary/aromatic N) is 1. The van der Waals surface area contributed by atoms with Crippen LogP contribution in [0.2, 0.25) is 0 Å². The third-order valence-electron chi connectivity index (χ3n) is 3.66. The normalized spacial score (nSPS) is 17.0. The zero-order valence-corrected chi connectivity index (χ0v) is 12.2. The quantitative estimate of drug-likeness (QED) is 0.556. The summed E-state index contributed by atoms with van der Waals surface area (Å²) in [7, 11) is 2.03. The number of hydrogen-bond acceptors (Lipinski definition) is 3. The van der Waals surface area contributed by atoms with Crippen LogP contribution in [0.15, 0.2) is 0 Å². The minimum absolute atomic E-state index is 0.0390. The molecule has 0 heterocycles. The van der Waals surface area contributed by atoms with Crippen molar-refractivity contribution in [3.8, 4) is 0 Å². The van der Waals surface area contributed by atoms with E-state index in [1.54, 1.807) is 0 Å². The van der Waals surface area contributed by atoms with E-state index in [0.717, 1.165) is 0 Å². The number of carbonyl (C=O) groups is 2. The predicted molar refractivity (Wildman–Crippen MR) is 75.8 cm³/mol. The lowest BCUT2D eigenvalue weighted by Crippen LogP contribution is -2.42. The Bertz CT molecular complexity index is 286. The van der Waals surface area contributed by atoms with E-state index < -0.39 is 0 Å². The van der Waals surface area contributed by atoms with Crippen molar-refractivity contribution in [1.82, 2.24) is 15.5 Å². The average Bonchev–Trinajstić information content (AvgIpc) is 2.63. The second-order valence-corrected chi connectivity index (χ2v) is 5.39. The maximum Gasteiger partial charge on any atom is 0.234 e. The Kier molecular flexibility index (Phi) is 7.48. The Labute approximate surface area is 116 Å². The maximum atomic E-state index is 11.8. The second kappa shape index (κ2) is 8.91. The van der Waals surface area contributed by atoms with Crippen molar-refractivity contribution in [2.45, 2.75) is 51.5 Å². The minimum Gasteiger partial charge on any atom is -0.355 e. The van der Waals surface area contributed by atoms with E-state index in [1.165, 1.54) is 45.4 Å². The molecule has 110 valence electrons. The standard InChI is InChI=1S/C14H27N3O2/c1-12(18)15-9-10-16-14(19)11-17(2)13-7-5-3-4-6-8-13/h13H,3-11H2,1-2H3,(H,15,18)(H,16,19). The second-order valence-electron chi connectivity index (χ2n) is 5.39. The lowest BCUT2D eigenvalue weighted by atomic mass is 10.1. The molecular formula is C14H27N3O2. The molecule has 2 N–H and O–H groups in total. The third-order valence-corrected chi connectivity index (χ3v) is 3.66. The highest BCUT2D eigenvalue weighted by atomic mass is 16.2. The first kappa shape index (κ1) is 16.0. The summed E-state index contributed by atoms with van der Waals surface area (Å²) in [4.78, 5) is 24.6. The predicted octanol–water partition coefficient (Wildman–Crippen LogP) is 0.893. The molecule has 1 fully saturated rings. The molecule has 0 aliphatic heterocycles. The molecule has 1 saturated carbocycles. The molecule has 2 amide bonds. The van der Waals surface area contributed by atoms with E-state index in [4.69, 9.17) is 0 Å². The van der Waals surface area contributed by atoms with Crippen LogP contribution in [0.5, 0.6) is 0 Å². The summed E-state index contributed by atoms with van der Waals surface area (Å²) in [5.41, 5.74) is 0. The van der Waals surface area contributed by atoms with E-state index in [2.05, 4.69) is 15.5 Å². The van der Waals surface area contributed by atoms with Crippen LogP contribution in [-0.4, -0.2) is 49.4 Å². The van der Waals surface area contributed by atoms with Crippen LogP contribution in [0.1, 0.15) is 45.4 Å². The van der Waals surface area contributed by atoms with Gasteiger partial charge in [-0.15, -0.1) is 0 Å². The molecule has 0 spiro atoms. The van der Waals surface area contributed by atoms with Gasteiger partial charge in [0.15, 0.2) is 0 Å². The molecule has 0 aromatic rings. The molecule has 0 bridgehead atoms. The van der Waals surface area contributed by atoms with Crippen molar-refractivity contribution in [2.75, 3.05) is 26.7 Å². The van der Waals surface area contributed by atoms with E-state index in [-0.39, 0.29) is 11.8 Å². The molecule has 0 unspecified atom stereocenters. The van der Waals surface area contributed by atoms with Gasteiger partial charge < -0.3 is 10.6 Å². The van der Waals surface area contributed by atoms with Crippen LogP contribution < -0.4 is 10.6 Å². The van der Waals surface area contributed by atoms with Crippen molar-refractivity contribution in [2.24, 2.45) is 0 Å².